The molecule has 13 heavy (non-hydrogen) atoms. The molecule has 0 aliphatic heterocycles. The predicted molar refractivity (Wildman–Crippen MR) is 60.4 cm³/mol. The molecule has 0 fully saturated rings. The SMILES string of the molecule is NCCc1cc(-c2ccsc2)cs1. The Labute approximate surface area is 85.8 Å². The highest BCUT2D eigenvalue weighted by Gasteiger charge is 2.01. The molecule has 2 N–H and O–H groups in total. The lowest BCUT2D eigenvalue weighted by atomic mass is 10.2. The molecule has 0 aliphatic carbocycles. The van der Waals surface area contributed by atoms with Crippen molar-refractivity contribution >= 4 is 22.7 Å². The molecule has 0 amide bonds. The highest BCUT2D eigenvalue weighted by molar-refractivity contribution is 7.10. The number of rotatable bonds is 3. The van der Waals surface area contributed by atoms with Crippen molar-refractivity contribution in [3.63, 3.8) is 0 Å². The van der Waals surface area contributed by atoms with Crippen LogP contribution in [0.5, 0.6) is 0 Å². The monoisotopic (exact) mass is 209 g/mol. The maximum absolute atomic E-state index is 5.50. The Hall–Kier alpha value is -0.640. The van der Waals surface area contributed by atoms with Gasteiger partial charge in [0, 0.05) is 4.88 Å². The third-order valence-corrected chi connectivity index (χ3v) is 3.58. The van der Waals surface area contributed by atoms with Gasteiger partial charge in [0.15, 0.2) is 0 Å². The molecule has 1 nitrogen and oxygen atoms in total. The van der Waals surface area contributed by atoms with Gasteiger partial charge in [0.2, 0.25) is 0 Å². The van der Waals surface area contributed by atoms with E-state index in [4.69, 9.17) is 5.73 Å². The Kier molecular flexibility index (Phi) is 2.78. The van der Waals surface area contributed by atoms with Crippen molar-refractivity contribution in [3.8, 4) is 11.1 Å². The van der Waals surface area contributed by atoms with Crippen molar-refractivity contribution in [2.24, 2.45) is 5.73 Å². The molecule has 2 aromatic rings. The van der Waals surface area contributed by atoms with E-state index in [9.17, 15) is 0 Å². The lowest BCUT2D eigenvalue weighted by molar-refractivity contribution is 0.989. The zero-order valence-corrected chi connectivity index (χ0v) is 8.83. The van der Waals surface area contributed by atoms with E-state index in [1.54, 1.807) is 22.7 Å². The Bertz CT molecular complexity index is 362. The van der Waals surface area contributed by atoms with Crippen LogP contribution in [0.3, 0.4) is 0 Å². The summed E-state index contributed by atoms with van der Waals surface area (Å²) in [6, 6.07) is 4.39. The first-order valence-corrected chi connectivity index (χ1v) is 6.02. The molecule has 0 aliphatic rings. The zero-order valence-electron chi connectivity index (χ0n) is 7.19. The molecular weight excluding hydrogens is 198 g/mol. The van der Waals surface area contributed by atoms with E-state index in [1.165, 1.54) is 16.0 Å². The van der Waals surface area contributed by atoms with E-state index < -0.39 is 0 Å². The molecule has 0 saturated heterocycles. The van der Waals surface area contributed by atoms with Gasteiger partial charge in [-0.25, -0.2) is 0 Å². The molecule has 0 radical (unpaired) electrons. The summed E-state index contributed by atoms with van der Waals surface area (Å²) in [4.78, 5) is 1.38. The molecule has 2 rings (SSSR count). The van der Waals surface area contributed by atoms with Gasteiger partial charge in [-0.3, -0.25) is 0 Å². The Morgan fingerprint density at radius 1 is 1.23 bits per heavy atom. The van der Waals surface area contributed by atoms with Crippen LogP contribution in [0.2, 0.25) is 0 Å². The maximum Gasteiger partial charge on any atom is 0.00641 e. The van der Waals surface area contributed by atoms with E-state index in [0.29, 0.717) is 0 Å². The summed E-state index contributed by atoms with van der Waals surface area (Å²) in [5, 5.41) is 6.48. The number of nitrogens with two attached hydrogens (primary N) is 1. The number of thiophene rings is 2. The van der Waals surface area contributed by atoms with Gasteiger partial charge in [0.1, 0.15) is 0 Å². The van der Waals surface area contributed by atoms with Crippen LogP contribution >= 0.6 is 22.7 Å². The fourth-order valence-corrected chi connectivity index (χ4v) is 2.81. The van der Waals surface area contributed by atoms with Gasteiger partial charge in [-0.15, -0.1) is 11.3 Å². The minimum absolute atomic E-state index is 0.740. The van der Waals surface area contributed by atoms with Gasteiger partial charge >= 0.3 is 0 Å². The van der Waals surface area contributed by atoms with Crippen LogP contribution < -0.4 is 5.73 Å². The van der Waals surface area contributed by atoms with Crippen molar-refractivity contribution in [2.45, 2.75) is 6.42 Å². The first kappa shape index (κ1) is 8.94. The Morgan fingerprint density at radius 3 is 2.85 bits per heavy atom. The van der Waals surface area contributed by atoms with E-state index >= 15 is 0 Å². The summed E-state index contributed by atoms with van der Waals surface area (Å²) in [7, 11) is 0. The van der Waals surface area contributed by atoms with Crippen molar-refractivity contribution in [1.82, 2.24) is 0 Å². The minimum Gasteiger partial charge on any atom is -0.330 e. The third-order valence-electron chi connectivity index (χ3n) is 1.90. The largest absolute Gasteiger partial charge is 0.330 e. The summed E-state index contributed by atoms with van der Waals surface area (Å²) < 4.78 is 0. The van der Waals surface area contributed by atoms with E-state index in [2.05, 4.69) is 28.3 Å². The predicted octanol–water partition coefficient (Wildman–Crippen LogP) is 2.98. The Balaban J connectivity index is 2.23. The third kappa shape index (κ3) is 1.99. The van der Waals surface area contributed by atoms with Crippen LogP contribution in [0.15, 0.2) is 28.3 Å². The molecule has 2 aromatic heterocycles. The summed E-state index contributed by atoms with van der Waals surface area (Å²) >= 11 is 3.53. The first-order valence-electron chi connectivity index (χ1n) is 4.20. The topological polar surface area (TPSA) is 26.0 Å². The fourth-order valence-electron chi connectivity index (χ4n) is 1.23. The molecule has 3 heteroatoms. The molecule has 0 bridgehead atoms. The van der Waals surface area contributed by atoms with Gasteiger partial charge in [-0.05, 0) is 52.4 Å². The number of hydrogen-bond donors (Lipinski definition) is 1. The molecule has 0 aromatic carbocycles. The average molecular weight is 209 g/mol. The average Bonchev–Trinajstić information content (AvgIpc) is 2.70. The normalized spacial score (nSPS) is 10.5. The standard InChI is InChI=1S/C10H11NS2/c11-3-1-10-5-9(7-13-10)8-2-4-12-6-8/h2,4-7H,1,3,11H2. The first-order chi connectivity index (χ1) is 6.40. The lowest BCUT2D eigenvalue weighted by Crippen LogP contribution is -2.00. The summed E-state index contributed by atoms with van der Waals surface area (Å²) in [6.45, 7) is 0.740. The molecule has 0 atom stereocenters. The van der Waals surface area contributed by atoms with Crippen LogP contribution in [-0.4, -0.2) is 6.54 Å². The molecule has 0 spiro atoms. The van der Waals surface area contributed by atoms with E-state index in [1.807, 2.05) is 0 Å². The minimum atomic E-state index is 0.740. The quantitative estimate of drug-likeness (QED) is 0.826. The van der Waals surface area contributed by atoms with Crippen LogP contribution in [0.4, 0.5) is 0 Å². The zero-order chi connectivity index (χ0) is 9.10. The van der Waals surface area contributed by atoms with Crippen molar-refractivity contribution in [2.75, 3.05) is 6.54 Å². The van der Waals surface area contributed by atoms with Gasteiger partial charge in [0.25, 0.3) is 0 Å². The highest BCUT2D eigenvalue weighted by Crippen LogP contribution is 2.27. The molecular formula is C10H11NS2. The highest BCUT2D eigenvalue weighted by atomic mass is 32.1. The second kappa shape index (κ2) is 4.05. The summed E-state index contributed by atoms with van der Waals surface area (Å²) in [5.41, 5.74) is 8.15. The van der Waals surface area contributed by atoms with Gasteiger partial charge in [0.05, 0.1) is 0 Å². The van der Waals surface area contributed by atoms with Gasteiger partial charge in [-0.1, -0.05) is 0 Å². The van der Waals surface area contributed by atoms with E-state index in [0.717, 1.165) is 13.0 Å². The van der Waals surface area contributed by atoms with Crippen molar-refractivity contribution in [3.05, 3.63) is 33.2 Å². The second-order valence-corrected chi connectivity index (χ2v) is 4.63. The van der Waals surface area contributed by atoms with Crippen LogP contribution in [0.1, 0.15) is 4.88 Å². The molecule has 2 heterocycles. The summed E-state index contributed by atoms with van der Waals surface area (Å²) in [6.07, 6.45) is 0.995. The van der Waals surface area contributed by atoms with Gasteiger partial charge < -0.3 is 5.73 Å². The molecule has 0 unspecified atom stereocenters. The Morgan fingerprint density at radius 2 is 2.15 bits per heavy atom. The van der Waals surface area contributed by atoms with Crippen molar-refractivity contribution < 1.29 is 0 Å². The lowest BCUT2D eigenvalue weighted by Gasteiger charge is -1.90. The van der Waals surface area contributed by atoms with E-state index in [-0.39, 0.29) is 0 Å². The smallest absolute Gasteiger partial charge is 0.00641 e. The second-order valence-electron chi connectivity index (χ2n) is 2.85. The van der Waals surface area contributed by atoms with Crippen LogP contribution in [0, 0.1) is 0 Å². The van der Waals surface area contributed by atoms with Gasteiger partial charge in [-0.2, -0.15) is 11.3 Å². The van der Waals surface area contributed by atoms with Crippen LogP contribution in [0.25, 0.3) is 11.1 Å². The number of hydrogen-bond acceptors (Lipinski definition) is 3. The molecule has 0 saturated carbocycles. The summed E-state index contributed by atoms with van der Waals surface area (Å²) in [5.74, 6) is 0. The molecule has 68 valence electrons. The maximum atomic E-state index is 5.50. The fraction of sp³-hybridized carbons (Fsp3) is 0.200. The van der Waals surface area contributed by atoms with Crippen molar-refractivity contribution in [1.29, 1.82) is 0 Å². The van der Waals surface area contributed by atoms with Crippen LogP contribution in [-0.2, 0) is 6.42 Å².